The molecule has 2 aromatic rings. The van der Waals surface area contributed by atoms with E-state index in [0.717, 1.165) is 17.2 Å². The third-order valence-corrected chi connectivity index (χ3v) is 2.91. The van der Waals surface area contributed by atoms with Gasteiger partial charge in [-0.25, -0.2) is 4.39 Å². The van der Waals surface area contributed by atoms with Crippen molar-refractivity contribution in [2.75, 3.05) is 32.7 Å². The second kappa shape index (κ2) is 7.38. The lowest BCUT2D eigenvalue weighted by Gasteiger charge is -2.12. The van der Waals surface area contributed by atoms with E-state index in [9.17, 15) is 4.39 Å². The second-order valence-corrected chi connectivity index (χ2v) is 4.30. The highest BCUT2D eigenvalue weighted by atomic mass is 19.1. The molecule has 2 aromatic carbocycles. The summed E-state index contributed by atoms with van der Waals surface area (Å²) in [5, 5.41) is 3.14. The molecule has 0 atom stereocenters. The van der Waals surface area contributed by atoms with Gasteiger partial charge in [-0.05, 0) is 36.4 Å². The molecular weight excluding hydrogens is 273 g/mol. The first kappa shape index (κ1) is 15.0. The van der Waals surface area contributed by atoms with Gasteiger partial charge in [0, 0.05) is 12.6 Å². The number of benzene rings is 2. The zero-order chi connectivity index (χ0) is 15.1. The van der Waals surface area contributed by atoms with Crippen LogP contribution in [-0.2, 0) is 0 Å². The van der Waals surface area contributed by atoms with E-state index < -0.39 is 0 Å². The van der Waals surface area contributed by atoms with E-state index in [4.69, 9.17) is 14.2 Å². The van der Waals surface area contributed by atoms with Gasteiger partial charge in [-0.2, -0.15) is 0 Å². The van der Waals surface area contributed by atoms with Crippen LogP contribution in [0.3, 0.4) is 0 Å². The van der Waals surface area contributed by atoms with Crippen LogP contribution in [0.25, 0.3) is 0 Å². The first-order valence-electron chi connectivity index (χ1n) is 6.57. The molecule has 5 heteroatoms. The molecule has 0 unspecified atom stereocenters. The first-order chi connectivity index (χ1) is 10.2. The summed E-state index contributed by atoms with van der Waals surface area (Å²) >= 11 is 0. The molecule has 21 heavy (non-hydrogen) atoms. The van der Waals surface area contributed by atoms with Gasteiger partial charge in [0.2, 0.25) is 0 Å². The third-order valence-electron chi connectivity index (χ3n) is 2.91. The smallest absolute Gasteiger partial charge is 0.144 e. The zero-order valence-electron chi connectivity index (χ0n) is 12.1. The quantitative estimate of drug-likeness (QED) is 0.794. The summed E-state index contributed by atoms with van der Waals surface area (Å²) in [6.45, 7) is 1.06. The van der Waals surface area contributed by atoms with Gasteiger partial charge in [0.25, 0.3) is 0 Å². The summed E-state index contributed by atoms with van der Waals surface area (Å²) in [7, 11) is 3.13. The van der Waals surface area contributed by atoms with Crippen LogP contribution in [0.5, 0.6) is 17.2 Å². The van der Waals surface area contributed by atoms with Crippen molar-refractivity contribution in [3.8, 4) is 17.2 Å². The van der Waals surface area contributed by atoms with Crippen molar-refractivity contribution in [1.29, 1.82) is 0 Å². The van der Waals surface area contributed by atoms with E-state index in [1.165, 1.54) is 19.2 Å². The first-order valence-corrected chi connectivity index (χ1v) is 6.57. The van der Waals surface area contributed by atoms with Crippen molar-refractivity contribution < 1.29 is 18.6 Å². The fourth-order valence-corrected chi connectivity index (χ4v) is 1.84. The van der Waals surface area contributed by atoms with Gasteiger partial charge >= 0.3 is 0 Å². The lowest BCUT2D eigenvalue weighted by molar-refractivity contribution is 0.331. The Bertz CT molecular complexity index is 572. The summed E-state index contributed by atoms with van der Waals surface area (Å²) < 4.78 is 28.8. The van der Waals surface area contributed by atoms with E-state index in [2.05, 4.69) is 5.32 Å². The van der Waals surface area contributed by atoms with Gasteiger partial charge in [0.15, 0.2) is 0 Å². The molecule has 1 N–H and O–H groups in total. The highest BCUT2D eigenvalue weighted by Gasteiger charge is 2.03. The summed E-state index contributed by atoms with van der Waals surface area (Å²) in [5.74, 6) is 1.70. The molecule has 0 aliphatic rings. The molecule has 0 spiro atoms. The fourth-order valence-electron chi connectivity index (χ4n) is 1.84. The van der Waals surface area contributed by atoms with Gasteiger partial charge in [0.05, 0.1) is 19.9 Å². The Hall–Kier alpha value is -2.43. The molecule has 0 aliphatic heterocycles. The molecular formula is C16H18FNO3. The molecule has 0 fully saturated rings. The average molecular weight is 291 g/mol. The van der Waals surface area contributed by atoms with E-state index in [1.807, 2.05) is 24.3 Å². The van der Waals surface area contributed by atoms with Crippen molar-refractivity contribution >= 4 is 5.69 Å². The molecule has 2 rings (SSSR count). The van der Waals surface area contributed by atoms with Gasteiger partial charge in [-0.15, -0.1) is 0 Å². The molecule has 0 saturated carbocycles. The number of anilines is 1. The van der Waals surface area contributed by atoms with Crippen molar-refractivity contribution in [3.05, 3.63) is 48.3 Å². The lowest BCUT2D eigenvalue weighted by Crippen LogP contribution is -2.12. The second-order valence-electron chi connectivity index (χ2n) is 4.30. The normalized spacial score (nSPS) is 10.0. The van der Waals surface area contributed by atoms with E-state index in [-0.39, 0.29) is 5.82 Å². The maximum atomic E-state index is 13.1. The number of nitrogens with one attached hydrogen (secondary N) is 1. The molecule has 0 aliphatic carbocycles. The predicted molar refractivity (Wildman–Crippen MR) is 79.9 cm³/mol. The Kier molecular flexibility index (Phi) is 5.26. The van der Waals surface area contributed by atoms with Crippen LogP contribution in [-0.4, -0.2) is 27.4 Å². The minimum Gasteiger partial charge on any atom is -0.497 e. The Labute approximate surface area is 123 Å². The number of halogens is 1. The maximum absolute atomic E-state index is 13.1. The summed E-state index contributed by atoms with van der Waals surface area (Å²) in [6.07, 6.45) is 0. The van der Waals surface area contributed by atoms with Crippen LogP contribution >= 0.6 is 0 Å². The molecule has 0 aromatic heterocycles. The Morgan fingerprint density at radius 3 is 2.33 bits per heavy atom. The third kappa shape index (κ3) is 4.27. The largest absolute Gasteiger partial charge is 0.497 e. The van der Waals surface area contributed by atoms with Crippen LogP contribution < -0.4 is 19.5 Å². The van der Waals surface area contributed by atoms with Crippen molar-refractivity contribution in [1.82, 2.24) is 0 Å². The molecule has 0 bridgehead atoms. The molecule has 0 amide bonds. The van der Waals surface area contributed by atoms with E-state index >= 15 is 0 Å². The molecule has 112 valence electrons. The maximum Gasteiger partial charge on any atom is 0.144 e. The lowest BCUT2D eigenvalue weighted by atomic mass is 10.3. The fraction of sp³-hybridized carbons (Fsp3) is 0.250. The Morgan fingerprint density at radius 2 is 1.67 bits per heavy atom. The number of rotatable bonds is 7. The van der Waals surface area contributed by atoms with Crippen molar-refractivity contribution in [2.45, 2.75) is 0 Å². The average Bonchev–Trinajstić information content (AvgIpc) is 2.53. The van der Waals surface area contributed by atoms with Crippen molar-refractivity contribution in [3.63, 3.8) is 0 Å². The predicted octanol–water partition coefficient (Wildman–Crippen LogP) is 3.33. The van der Waals surface area contributed by atoms with Crippen LogP contribution in [0.15, 0.2) is 42.5 Å². The monoisotopic (exact) mass is 291 g/mol. The van der Waals surface area contributed by atoms with Gasteiger partial charge in [-0.1, -0.05) is 0 Å². The zero-order valence-corrected chi connectivity index (χ0v) is 12.1. The topological polar surface area (TPSA) is 39.7 Å². The highest BCUT2D eigenvalue weighted by molar-refractivity contribution is 5.56. The number of hydrogen-bond donors (Lipinski definition) is 1. The summed E-state index contributed by atoms with van der Waals surface area (Å²) in [4.78, 5) is 0. The standard InChI is InChI=1S/C16H18FNO3/c1-19-13-4-6-14(7-5-13)21-10-9-18-15-8-3-12(17)11-16(15)20-2/h3-8,11,18H,9-10H2,1-2H3. The van der Waals surface area contributed by atoms with Gasteiger partial charge in [0.1, 0.15) is 29.7 Å². The Morgan fingerprint density at radius 1 is 0.952 bits per heavy atom. The molecule has 0 saturated heterocycles. The van der Waals surface area contributed by atoms with E-state index in [0.29, 0.717) is 18.9 Å². The van der Waals surface area contributed by atoms with Crippen LogP contribution in [0.4, 0.5) is 10.1 Å². The summed E-state index contributed by atoms with van der Waals surface area (Å²) in [6, 6.07) is 11.7. The Balaban J connectivity index is 1.81. The summed E-state index contributed by atoms with van der Waals surface area (Å²) in [5.41, 5.74) is 0.734. The van der Waals surface area contributed by atoms with Gasteiger partial charge < -0.3 is 19.5 Å². The number of methoxy groups -OCH3 is 2. The van der Waals surface area contributed by atoms with Crippen molar-refractivity contribution in [2.24, 2.45) is 0 Å². The SMILES string of the molecule is COc1ccc(OCCNc2ccc(F)cc2OC)cc1. The minimum absolute atomic E-state index is 0.327. The van der Waals surface area contributed by atoms with Gasteiger partial charge in [-0.3, -0.25) is 0 Å². The highest BCUT2D eigenvalue weighted by Crippen LogP contribution is 2.24. The van der Waals surface area contributed by atoms with Crippen LogP contribution in [0.2, 0.25) is 0 Å². The van der Waals surface area contributed by atoms with E-state index in [1.54, 1.807) is 13.2 Å². The molecule has 0 heterocycles. The molecule has 0 radical (unpaired) electrons. The minimum atomic E-state index is -0.327. The number of ether oxygens (including phenoxy) is 3. The van der Waals surface area contributed by atoms with Crippen LogP contribution in [0, 0.1) is 5.82 Å². The van der Waals surface area contributed by atoms with Crippen LogP contribution in [0.1, 0.15) is 0 Å². The number of hydrogen-bond acceptors (Lipinski definition) is 4. The molecule has 4 nitrogen and oxygen atoms in total.